The van der Waals surface area contributed by atoms with Gasteiger partial charge in [0.25, 0.3) is 0 Å². The van der Waals surface area contributed by atoms with Crippen molar-refractivity contribution in [2.24, 2.45) is 11.8 Å². The summed E-state index contributed by atoms with van der Waals surface area (Å²) in [6.07, 6.45) is 3.79. The van der Waals surface area contributed by atoms with Crippen molar-refractivity contribution in [3.8, 4) is 5.75 Å². The molecule has 0 bridgehead atoms. The molecule has 4 atom stereocenters. The topological polar surface area (TPSA) is 66.9 Å². The molecule has 3 aliphatic heterocycles. The van der Waals surface area contributed by atoms with E-state index < -0.39 is 23.9 Å². The fourth-order valence-corrected chi connectivity index (χ4v) is 5.75. The largest absolute Gasteiger partial charge is 0.497 e. The van der Waals surface area contributed by atoms with Gasteiger partial charge in [0.1, 0.15) is 11.8 Å². The van der Waals surface area contributed by atoms with Crippen molar-refractivity contribution >= 4 is 41.0 Å². The number of imide groups is 1. The second-order valence-corrected chi connectivity index (χ2v) is 9.35. The van der Waals surface area contributed by atoms with E-state index in [1.165, 1.54) is 4.90 Å². The number of anilines is 1. The van der Waals surface area contributed by atoms with E-state index in [0.717, 1.165) is 11.1 Å². The van der Waals surface area contributed by atoms with Crippen LogP contribution in [-0.4, -0.2) is 35.6 Å². The number of nitrogens with zero attached hydrogens (tertiary/aromatic N) is 2. The van der Waals surface area contributed by atoms with Crippen LogP contribution < -0.4 is 9.64 Å². The Morgan fingerprint density at radius 1 is 0.886 bits per heavy atom. The maximum absolute atomic E-state index is 13.9. The predicted molar refractivity (Wildman–Crippen MR) is 132 cm³/mol. The van der Waals surface area contributed by atoms with Gasteiger partial charge in [0.05, 0.1) is 30.7 Å². The van der Waals surface area contributed by atoms with Crippen LogP contribution in [0.15, 0.2) is 79.0 Å². The molecule has 0 aromatic heterocycles. The molecular weight excluding hydrogens is 464 g/mol. The summed E-state index contributed by atoms with van der Waals surface area (Å²) in [5.74, 6) is -1.73. The van der Waals surface area contributed by atoms with Crippen LogP contribution in [0.25, 0.3) is 6.08 Å². The van der Waals surface area contributed by atoms with Gasteiger partial charge in [0.2, 0.25) is 11.8 Å². The molecule has 174 valence electrons. The summed E-state index contributed by atoms with van der Waals surface area (Å²) in [5.41, 5.74) is 2.85. The highest BCUT2D eigenvalue weighted by atomic mass is 35.5. The van der Waals surface area contributed by atoms with Gasteiger partial charge >= 0.3 is 0 Å². The first-order chi connectivity index (χ1) is 17.0. The first kappa shape index (κ1) is 21.6. The first-order valence-electron chi connectivity index (χ1n) is 11.4. The van der Waals surface area contributed by atoms with Gasteiger partial charge in [-0.3, -0.25) is 14.4 Å². The second-order valence-electron chi connectivity index (χ2n) is 8.91. The summed E-state index contributed by atoms with van der Waals surface area (Å²) in [6, 6.07) is 20.0. The second kappa shape index (κ2) is 8.10. The molecule has 7 heteroatoms. The Balaban J connectivity index is 1.47. The van der Waals surface area contributed by atoms with E-state index in [2.05, 4.69) is 0 Å². The lowest BCUT2D eigenvalue weighted by atomic mass is 9.83. The Morgan fingerprint density at radius 2 is 1.57 bits per heavy atom. The Morgan fingerprint density at radius 3 is 2.29 bits per heavy atom. The summed E-state index contributed by atoms with van der Waals surface area (Å²) in [7, 11) is 1.56. The van der Waals surface area contributed by atoms with Gasteiger partial charge in [-0.1, -0.05) is 35.9 Å². The van der Waals surface area contributed by atoms with Gasteiger partial charge in [0, 0.05) is 16.8 Å². The van der Waals surface area contributed by atoms with E-state index in [4.69, 9.17) is 16.3 Å². The van der Waals surface area contributed by atoms with Crippen molar-refractivity contribution in [3.05, 3.63) is 101 Å². The summed E-state index contributed by atoms with van der Waals surface area (Å²) >= 11 is 6.03. The highest BCUT2D eigenvalue weighted by Gasteiger charge is 2.64. The van der Waals surface area contributed by atoms with Crippen molar-refractivity contribution in [2.45, 2.75) is 12.1 Å². The number of amides is 2. The molecule has 6 nitrogen and oxygen atoms in total. The molecule has 0 spiro atoms. The lowest BCUT2D eigenvalue weighted by Gasteiger charge is -2.35. The van der Waals surface area contributed by atoms with Crippen molar-refractivity contribution in [1.82, 2.24) is 4.90 Å². The average molecular weight is 485 g/mol. The van der Waals surface area contributed by atoms with E-state index in [1.807, 2.05) is 41.4 Å². The molecular formula is C28H21ClN2O4. The van der Waals surface area contributed by atoms with E-state index in [1.54, 1.807) is 55.6 Å². The van der Waals surface area contributed by atoms with E-state index in [9.17, 15) is 14.4 Å². The van der Waals surface area contributed by atoms with Gasteiger partial charge in [-0.05, 0) is 65.7 Å². The maximum atomic E-state index is 13.9. The van der Waals surface area contributed by atoms with E-state index in [0.29, 0.717) is 22.0 Å². The van der Waals surface area contributed by atoms with E-state index >= 15 is 0 Å². The molecule has 0 N–H and O–H groups in total. The monoisotopic (exact) mass is 484 g/mol. The number of carbonyl (C=O) groups excluding carboxylic acids is 3. The van der Waals surface area contributed by atoms with Crippen LogP contribution in [0.5, 0.6) is 5.75 Å². The zero-order valence-corrected chi connectivity index (χ0v) is 19.6. The minimum atomic E-state index is -0.811. The average Bonchev–Trinajstić information content (AvgIpc) is 3.37. The van der Waals surface area contributed by atoms with Gasteiger partial charge in [0.15, 0.2) is 5.78 Å². The number of benzene rings is 3. The highest BCUT2D eigenvalue weighted by molar-refractivity contribution is 6.31. The number of fused-ring (bicyclic) bond motifs is 5. The lowest BCUT2D eigenvalue weighted by Crippen LogP contribution is -2.44. The third-order valence-corrected chi connectivity index (χ3v) is 7.44. The first-order valence-corrected chi connectivity index (χ1v) is 11.7. The molecule has 2 fully saturated rings. The van der Waals surface area contributed by atoms with Crippen LogP contribution in [-0.2, 0) is 9.59 Å². The van der Waals surface area contributed by atoms with Crippen LogP contribution >= 0.6 is 11.6 Å². The van der Waals surface area contributed by atoms with Crippen molar-refractivity contribution < 1.29 is 19.1 Å². The molecule has 0 aliphatic carbocycles. The van der Waals surface area contributed by atoms with Gasteiger partial charge in [-0.2, -0.15) is 0 Å². The van der Waals surface area contributed by atoms with Crippen LogP contribution in [0, 0.1) is 11.8 Å². The van der Waals surface area contributed by atoms with Crippen LogP contribution in [0.4, 0.5) is 5.69 Å². The molecule has 3 aromatic carbocycles. The Hall–Kier alpha value is -3.90. The molecule has 4 unspecified atom stereocenters. The highest BCUT2D eigenvalue weighted by Crippen LogP contribution is 2.53. The van der Waals surface area contributed by atoms with Crippen molar-refractivity contribution in [2.75, 3.05) is 12.0 Å². The Labute approximate surface area is 207 Å². The van der Waals surface area contributed by atoms with Gasteiger partial charge in [-0.25, -0.2) is 4.90 Å². The summed E-state index contributed by atoms with van der Waals surface area (Å²) in [6.45, 7) is 0. The number of hydrogen-bond acceptors (Lipinski definition) is 5. The number of ether oxygens (including phenoxy) is 1. The zero-order chi connectivity index (χ0) is 24.3. The quantitative estimate of drug-likeness (QED) is 0.395. The molecule has 3 aromatic rings. The smallest absolute Gasteiger partial charge is 0.240 e. The van der Waals surface area contributed by atoms with Crippen molar-refractivity contribution in [3.63, 3.8) is 0 Å². The molecule has 2 amide bonds. The summed E-state index contributed by atoms with van der Waals surface area (Å²) in [5, 5.41) is 0.512. The van der Waals surface area contributed by atoms with Gasteiger partial charge < -0.3 is 9.64 Å². The number of halogens is 1. The number of carbonyl (C=O) groups is 3. The number of Topliss-reactive ketones (excluding diaryl/α,β-unsaturated/α-hetero) is 1. The SMILES string of the molecule is COc1ccc(C(=O)C2C3C(=O)N(c4ccc(Cl)cc4)C(=O)C3C3c4ccccc4C=CN23)cc1. The zero-order valence-electron chi connectivity index (χ0n) is 18.8. The molecule has 0 saturated carbocycles. The fourth-order valence-electron chi connectivity index (χ4n) is 5.63. The number of ketones is 1. The third-order valence-electron chi connectivity index (χ3n) is 7.19. The summed E-state index contributed by atoms with van der Waals surface area (Å²) < 4.78 is 5.22. The minimum Gasteiger partial charge on any atom is -0.497 e. The van der Waals surface area contributed by atoms with Crippen LogP contribution in [0.3, 0.4) is 0 Å². The van der Waals surface area contributed by atoms with E-state index in [-0.39, 0.29) is 17.6 Å². The molecule has 35 heavy (non-hydrogen) atoms. The number of methoxy groups -OCH3 is 1. The molecule has 2 saturated heterocycles. The molecule has 3 heterocycles. The van der Waals surface area contributed by atoms with Crippen LogP contribution in [0.1, 0.15) is 27.5 Å². The summed E-state index contributed by atoms with van der Waals surface area (Å²) in [4.78, 5) is 44.7. The third kappa shape index (κ3) is 3.21. The Bertz CT molecular complexity index is 1380. The molecule has 6 rings (SSSR count). The van der Waals surface area contributed by atoms with Crippen LogP contribution in [0.2, 0.25) is 5.02 Å². The lowest BCUT2D eigenvalue weighted by molar-refractivity contribution is -0.123. The standard InChI is InChI=1S/C28H21ClN2O4/c1-35-20-12-6-17(7-13-20)26(32)25-23-22(24-21-5-3-2-4-16(21)14-15-30(24)25)27(33)31(28(23)34)19-10-8-18(29)9-11-19/h2-15,22-25H,1H3. The number of hydrogen-bond donors (Lipinski definition) is 0. The maximum Gasteiger partial charge on any atom is 0.240 e. The molecule has 3 aliphatic rings. The predicted octanol–water partition coefficient (Wildman–Crippen LogP) is 4.75. The Kier molecular flexibility index (Phi) is 5.00. The molecule has 0 radical (unpaired) electrons. The fraction of sp³-hybridized carbons (Fsp3) is 0.179. The minimum absolute atomic E-state index is 0.201. The normalized spacial score (nSPS) is 24.3. The van der Waals surface area contributed by atoms with Crippen molar-refractivity contribution in [1.29, 1.82) is 0 Å². The number of rotatable bonds is 4. The van der Waals surface area contributed by atoms with Gasteiger partial charge in [-0.15, -0.1) is 0 Å².